The van der Waals surface area contributed by atoms with Gasteiger partial charge in [0.2, 0.25) is 5.91 Å². The Morgan fingerprint density at radius 1 is 1.47 bits per heavy atom. The van der Waals surface area contributed by atoms with Crippen molar-refractivity contribution < 1.29 is 9.53 Å². The van der Waals surface area contributed by atoms with Crippen molar-refractivity contribution in [3.05, 3.63) is 0 Å². The molecule has 0 unspecified atom stereocenters. The Balaban J connectivity index is 3.55. The lowest BCUT2D eigenvalue weighted by Gasteiger charge is -2.21. The largest absolute Gasteiger partial charge is 0.378 e. The van der Waals surface area contributed by atoms with Crippen LogP contribution in [0.25, 0.3) is 0 Å². The Morgan fingerprint density at radius 2 is 2.13 bits per heavy atom. The number of rotatable bonds is 7. The Kier molecular flexibility index (Phi) is 6.81. The van der Waals surface area contributed by atoms with E-state index >= 15 is 0 Å². The first-order valence-corrected chi connectivity index (χ1v) is 5.27. The van der Waals surface area contributed by atoms with Crippen LogP contribution in [-0.4, -0.2) is 25.2 Å². The van der Waals surface area contributed by atoms with Crippen molar-refractivity contribution in [3.63, 3.8) is 0 Å². The van der Waals surface area contributed by atoms with Crippen LogP contribution in [0.5, 0.6) is 0 Å². The number of nitrogens with one attached hydrogen (secondary N) is 1. The minimum atomic E-state index is -0.386. The summed E-state index contributed by atoms with van der Waals surface area (Å²) in [7, 11) is 1.61. The molecular weight excluding hydrogens is 190 g/mol. The molecular formula is C12H21NO2. The van der Waals surface area contributed by atoms with Gasteiger partial charge in [0.1, 0.15) is 0 Å². The number of carbonyl (C=O) groups excluding carboxylic acids is 1. The number of terminal acetylenes is 1. The van der Waals surface area contributed by atoms with Crippen molar-refractivity contribution in [3.8, 4) is 12.3 Å². The maximum Gasteiger partial charge on any atom is 0.222 e. The number of unbranched alkanes of at least 4 members (excludes halogenated alkanes) is 2. The molecule has 0 radical (unpaired) electrons. The summed E-state index contributed by atoms with van der Waals surface area (Å²) in [6.07, 6.45) is 8.18. The second-order valence-corrected chi connectivity index (χ2v) is 4.15. The zero-order chi connectivity index (χ0) is 11.7. The minimum Gasteiger partial charge on any atom is -0.378 e. The second kappa shape index (κ2) is 7.30. The van der Waals surface area contributed by atoms with Gasteiger partial charge in [0.25, 0.3) is 0 Å². The molecule has 0 aromatic heterocycles. The van der Waals surface area contributed by atoms with Crippen molar-refractivity contribution in [1.29, 1.82) is 0 Å². The van der Waals surface area contributed by atoms with Crippen LogP contribution in [0.3, 0.4) is 0 Å². The fourth-order valence-corrected chi connectivity index (χ4v) is 1.10. The molecule has 0 bridgehead atoms. The van der Waals surface area contributed by atoms with Crippen LogP contribution in [0, 0.1) is 12.3 Å². The van der Waals surface area contributed by atoms with Crippen LogP contribution in [0.2, 0.25) is 0 Å². The lowest BCUT2D eigenvalue weighted by molar-refractivity contribution is -0.126. The van der Waals surface area contributed by atoms with Gasteiger partial charge in [0.15, 0.2) is 0 Å². The predicted molar refractivity (Wildman–Crippen MR) is 61.4 cm³/mol. The number of carbonyl (C=O) groups is 1. The Morgan fingerprint density at radius 3 is 2.67 bits per heavy atom. The SMILES string of the molecule is C#CCCCCNC(=O)CC(C)(C)OC. The highest BCUT2D eigenvalue weighted by Gasteiger charge is 2.20. The highest BCUT2D eigenvalue weighted by atomic mass is 16.5. The van der Waals surface area contributed by atoms with Gasteiger partial charge in [-0.3, -0.25) is 4.79 Å². The number of hydrogen-bond donors (Lipinski definition) is 1. The van der Waals surface area contributed by atoms with Crippen LogP contribution in [0.1, 0.15) is 39.5 Å². The van der Waals surface area contributed by atoms with E-state index in [4.69, 9.17) is 11.2 Å². The molecule has 0 rings (SSSR count). The molecule has 0 aliphatic heterocycles. The van der Waals surface area contributed by atoms with Gasteiger partial charge < -0.3 is 10.1 Å². The van der Waals surface area contributed by atoms with Gasteiger partial charge in [-0.05, 0) is 26.7 Å². The Labute approximate surface area is 92.6 Å². The summed E-state index contributed by atoms with van der Waals surface area (Å²) in [5, 5.41) is 2.84. The van der Waals surface area contributed by atoms with Crippen LogP contribution >= 0.6 is 0 Å². The molecule has 15 heavy (non-hydrogen) atoms. The molecule has 86 valence electrons. The lowest BCUT2D eigenvalue weighted by atomic mass is 10.0. The zero-order valence-electron chi connectivity index (χ0n) is 9.93. The summed E-state index contributed by atoms with van der Waals surface area (Å²) in [6, 6.07) is 0. The second-order valence-electron chi connectivity index (χ2n) is 4.15. The molecule has 0 heterocycles. The molecule has 0 saturated carbocycles. The normalized spacial score (nSPS) is 10.8. The van der Waals surface area contributed by atoms with Gasteiger partial charge in [-0.2, -0.15) is 0 Å². The van der Waals surface area contributed by atoms with Crippen LogP contribution in [0.15, 0.2) is 0 Å². The highest BCUT2D eigenvalue weighted by Crippen LogP contribution is 2.12. The molecule has 0 saturated heterocycles. The highest BCUT2D eigenvalue weighted by molar-refractivity contribution is 5.76. The molecule has 1 amide bonds. The monoisotopic (exact) mass is 211 g/mol. The third-order valence-electron chi connectivity index (χ3n) is 2.21. The molecule has 0 spiro atoms. The maximum absolute atomic E-state index is 11.4. The summed E-state index contributed by atoms with van der Waals surface area (Å²) >= 11 is 0. The third-order valence-corrected chi connectivity index (χ3v) is 2.21. The Hall–Kier alpha value is -1.01. The van der Waals surface area contributed by atoms with E-state index in [1.807, 2.05) is 13.8 Å². The number of amides is 1. The molecule has 1 N–H and O–H groups in total. The van der Waals surface area contributed by atoms with E-state index in [1.54, 1.807) is 7.11 Å². The van der Waals surface area contributed by atoms with E-state index in [0.717, 1.165) is 19.3 Å². The van der Waals surface area contributed by atoms with Crippen LogP contribution in [0.4, 0.5) is 0 Å². The fraction of sp³-hybridized carbons (Fsp3) is 0.750. The van der Waals surface area contributed by atoms with E-state index in [1.165, 1.54) is 0 Å². The van der Waals surface area contributed by atoms with E-state index in [0.29, 0.717) is 13.0 Å². The van der Waals surface area contributed by atoms with Crippen LogP contribution in [-0.2, 0) is 9.53 Å². The summed E-state index contributed by atoms with van der Waals surface area (Å²) < 4.78 is 5.17. The van der Waals surface area contributed by atoms with E-state index in [9.17, 15) is 4.79 Å². The van der Waals surface area contributed by atoms with Gasteiger partial charge in [-0.15, -0.1) is 12.3 Å². The topological polar surface area (TPSA) is 38.3 Å². The average molecular weight is 211 g/mol. The number of hydrogen-bond acceptors (Lipinski definition) is 2. The predicted octanol–water partition coefficient (Wildman–Crippen LogP) is 1.72. The van der Waals surface area contributed by atoms with E-state index in [-0.39, 0.29) is 11.5 Å². The first-order valence-electron chi connectivity index (χ1n) is 5.27. The number of ether oxygens (including phenoxy) is 1. The van der Waals surface area contributed by atoms with Crippen molar-refractivity contribution in [1.82, 2.24) is 5.32 Å². The van der Waals surface area contributed by atoms with Crippen molar-refractivity contribution in [2.75, 3.05) is 13.7 Å². The molecule has 0 aliphatic rings. The lowest BCUT2D eigenvalue weighted by Crippen LogP contribution is -2.34. The molecule has 0 aromatic carbocycles. The van der Waals surface area contributed by atoms with Gasteiger partial charge in [-0.1, -0.05) is 0 Å². The van der Waals surface area contributed by atoms with Gasteiger partial charge in [0, 0.05) is 20.1 Å². The van der Waals surface area contributed by atoms with E-state index < -0.39 is 0 Å². The average Bonchev–Trinajstić information content (AvgIpc) is 2.17. The fourth-order valence-electron chi connectivity index (χ4n) is 1.10. The third kappa shape index (κ3) is 8.02. The van der Waals surface area contributed by atoms with Gasteiger partial charge in [-0.25, -0.2) is 0 Å². The van der Waals surface area contributed by atoms with Crippen molar-refractivity contribution in [2.24, 2.45) is 0 Å². The zero-order valence-corrected chi connectivity index (χ0v) is 9.93. The summed E-state index contributed by atoms with van der Waals surface area (Å²) in [6.45, 7) is 4.48. The molecule has 3 nitrogen and oxygen atoms in total. The first-order chi connectivity index (χ1) is 7.02. The smallest absolute Gasteiger partial charge is 0.222 e. The minimum absolute atomic E-state index is 0.0301. The molecule has 3 heteroatoms. The number of methoxy groups -OCH3 is 1. The summed E-state index contributed by atoms with van der Waals surface area (Å²) in [4.78, 5) is 11.4. The molecule has 0 fully saturated rings. The first kappa shape index (κ1) is 14.0. The van der Waals surface area contributed by atoms with Crippen molar-refractivity contribution in [2.45, 2.75) is 45.1 Å². The quantitative estimate of drug-likeness (QED) is 0.514. The van der Waals surface area contributed by atoms with Gasteiger partial charge in [0.05, 0.1) is 12.0 Å². The standard InChI is InChI=1S/C12H21NO2/c1-5-6-7-8-9-13-11(14)10-12(2,3)15-4/h1H,6-10H2,2-4H3,(H,13,14). The van der Waals surface area contributed by atoms with Gasteiger partial charge >= 0.3 is 0 Å². The molecule has 0 atom stereocenters. The summed E-state index contributed by atoms with van der Waals surface area (Å²) in [5.74, 6) is 2.60. The summed E-state index contributed by atoms with van der Waals surface area (Å²) in [5.41, 5.74) is -0.386. The van der Waals surface area contributed by atoms with Crippen molar-refractivity contribution >= 4 is 5.91 Å². The Bertz CT molecular complexity index is 228. The molecule has 0 aromatic rings. The van der Waals surface area contributed by atoms with E-state index in [2.05, 4.69) is 11.2 Å². The maximum atomic E-state index is 11.4. The molecule has 0 aliphatic carbocycles. The van der Waals surface area contributed by atoms with Crippen LogP contribution < -0.4 is 5.32 Å².